The van der Waals surface area contributed by atoms with E-state index in [9.17, 15) is 19.7 Å². The summed E-state index contributed by atoms with van der Waals surface area (Å²) in [7, 11) is 0. The fourth-order valence-electron chi connectivity index (χ4n) is 1.41. The fraction of sp³-hybridized carbons (Fsp3) is 0. The summed E-state index contributed by atoms with van der Waals surface area (Å²) in [6, 6.07) is 1.61. The molecule has 0 unspecified atom stereocenters. The summed E-state index contributed by atoms with van der Waals surface area (Å²) in [4.78, 5) is 36.5. The average molecular weight is 407 g/mol. The summed E-state index contributed by atoms with van der Waals surface area (Å²) < 4.78 is 6.34. The number of hydrogen-bond acceptors (Lipinski definition) is 5. The van der Waals surface area contributed by atoms with Crippen molar-refractivity contribution in [3.8, 4) is 0 Å². The van der Waals surface area contributed by atoms with Gasteiger partial charge < -0.3 is 9.40 Å². The SMILES string of the molecule is O=c1[nH]c(C=Cc2cc(Br)c(Br)o2)c([N+](=O)[O-])c(=O)[nH]1. The minimum absolute atomic E-state index is 0.215. The lowest BCUT2D eigenvalue weighted by molar-refractivity contribution is -0.386. The van der Waals surface area contributed by atoms with E-state index in [-0.39, 0.29) is 5.69 Å². The van der Waals surface area contributed by atoms with Gasteiger partial charge in [-0.1, -0.05) is 0 Å². The second-order valence-corrected chi connectivity index (χ2v) is 5.11. The molecule has 0 aliphatic heterocycles. The van der Waals surface area contributed by atoms with E-state index in [4.69, 9.17) is 4.42 Å². The number of hydrogen-bond donors (Lipinski definition) is 2. The number of furan rings is 1. The largest absolute Gasteiger partial charge is 0.449 e. The van der Waals surface area contributed by atoms with Gasteiger partial charge in [-0.05, 0) is 50.1 Å². The smallest absolute Gasteiger partial charge is 0.357 e. The molecule has 10 heteroatoms. The normalized spacial score (nSPS) is 11.1. The summed E-state index contributed by atoms with van der Waals surface area (Å²) >= 11 is 6.34. The number of halogens is 2. The first-order valence-electron chi connectivity index (χ1n) is 5.02. The monoisotopic (exact) mass is 405 g/mol. The van der Waals surface area contributed by atoms with Gasteiger partial charge in [0.25, 0.3) is 0 Å². The van der Waals surface area contributed by atoms with Crippen LogP contribution >= 0.6 is 31.9 Å². The van der Waals surface area contributed by atoms with E-state index in [1.165, 1.54) is 12.2 Å². The van der Waals surface area contributed by atoms with Gasteiger partial charge >= 0.3 is 16.9 Å². The topological polar surface area (TPSA) is 122 Å². The van der Waals surface area contributed by atoms with E-state index >= 15 is 0 Å². The molecular weight excluding hydrogens is 402 g/mol. The Morgan fingerprint density at radius 1 is 1.25 bits per heavy atom. The Kier molecular flexibility index (Phi) is 4.04. The molecule has 2 aromatic heterocycles. The van der Waals surface area contributed by atoms with E-state index in [0.29, 0.717) is 14.9 Å². The van der Waals surface area contributed by atoms with E-state index < -0.39 is 21.9 Å². The first-order chi connectivity index (χ1) is 9.38. The van der Waals surface area contributed by atoms with E-state index in [0.717, 1.165) is 0 Å². The summed E-state index contributed by atoms with van der Waals surface area (Å²) in [5.74, 6) is 0.374. The lowest BCUT2D eigenvalue weighted by Crippen LogP contribution is -2.25. The Hall–Kier alpha value is -1.94. The van der Waals surface area contributed by atoms with Gasteiger partial charge in [0, 0.05) is 0 Å². The first kappa shape index (κ1) is 14.5. The summed E-state index contributed by atoms with van der Waals surface area (Å²) in [5.41, 5.74) is -2.86. The molecule has 0 saturated carbocycles. The maximum absolute atomic E-state index is 11.4. The molecule has 2 N–H and O–H groups in total. The van der Waals surface area contributed by atoms with Crippen molar-refractivity contribution >= 4 is 49.7 Å². The second-order valence-electron chi connectivity index (χ2n) is 3.53. The number of rotatable bonds is 3. The third-order valence-corrected chi connectivity index (χ3v) is 3.92. The zero-order valence-corrected chi connectivity index (χ0v) is 12.6. The predicted molar refractivity (Wildman–Crippen MR) is 77.4 cm³/mol. The van der Waals surface area contributed by atoms with Crippen molar-refractivity contribution in [2.75, 3.05) is 0 Å². The molecule has 0 amide bonds. The van der Waals surface area contributed by atoms with Gasteiger partial charge in [0.1, 0.15) is 11.5 Å². The number of aromatic nitrogens is 2. The summed E-state index contributed by atoms with van der Waals surface area (Å²) in [5, 5.41) is 10.8. The Bertz CT molecular complexity index is 798. The number of aromatic amines is 2. The molecule has 0 aliphatic carbocycles. The maximum Gasteiger partial charge on any atom is 0.357 e. The number of nitrogens with zero attached hydrogens (tertiary/aromatic N) is 1. The minimum Gasteiger partial charge on any atom is -0.449 e. The second kappa shape index (κ2) is 5.59. The highest BCUT2D eigenvalue weighted by Crippen LogP contribution is 2.27. The van der Waals surface area contributed by atoms with E-state index in [1.807, 2.05) is 0 Å². The molecule has 0 saturated heterocycles. The van der Waals surface area contributed by atoms with E-state index in [2.05, 4.69) is 36.8 Å². The van der Waals surface area contributed by atoms with Gasteiger partial charge in [-0.15, -0.1) is 0 Å². The van der Waals surface area contributed by atoms with Gasteiger partial charge in [-0.2, -0.15) is 0 Å². The molecule has 2 aromatic rings. The first-order valence-corrected chi connectivity index (χ1v) is 6.61. The third kappa shape index (κ3) is 2.96. The van der Waals surface area contributed by atoms with Crippen molar-refractivity contribution in [2.45, 2.75) is 0 Å². The number of H-pyrrole nitrogens is 2. The molecule has 0 radical (unpaired) electrons. The molecule has 0 bridgehead atoms. The van der Waals surface area contributed by atoms with Crippen LogP contribution in [0.2, 0.25) is 0 Å². The van der Waals surface area contributed by atoms with Crippen LogP contribution in [-0.4, -0.2) is 14.9 Å². The van der Waals surface area contributed by atoms with Crippen molar-refractivity contribution in [2.24, 2.45) is 0 Å². The molecule has 2 rings (SSSR count). The molecule has 104 valence electrons. The van der Waals surface area contributed by atoms with E-state index in [1.54, 1.807) is 11.1 Å². The summed E-state index contributed by atoms with van der Waals surface area (Å²) in [6.07, 6.45) is 2.60. The molecule has 0 aliphatic rings. The maximum atomic E-state index is 11.4. The van der Waals surface area contributed by atoms with Crippen molar-refractivity contribution in [1.29, 1.82) is 0 Å². The van der Waals surface area contributed by atoms with Crippen molar-refractivity contribution < 1.29 is 9.34 Å². The number of nitro groups is 1. The zero-order valence-electron chi connectivity index (χ0n) is 9.48. The van der Waals surface area contributed by atoms with Crippen molar-refractivity contribution in [3.63, 3.8) is 0 Å². The van der Waals surface area contributed by atoms with Crippen LogP contribution < -0.4 is 11.2 Å². The van der Waals surface area contributed by atoms with Crippen LogP contribution in [0.5, 0.6) is 0 Å². The molecule has 0 aromatic carbocycles. The zero-order chi connectivity index (χ0) is 14.9. The van der Waals surface area contributed by atoms with Crippen molar-refractivity contribution in [1.82, 2.24) is 9.97 Å². The average Bonchev–Trinajstić information content (AvgIpc) is 2.64. The molecule has 2 heterocycles. The van der Waals surface area contributed by atoms with Gasteiger partial charge in [0.15, 0.2) is 4.67 Å². The van der Waals surface area contributed by atoms with Crippen LogP contribution in [0.25, 0.3) is 12.2 Å². The van der Waals surface area contributed by atoms with Crippen LogP contribution in [0.1, 0.15) is 11.5 Å². The van der Waals surface area contributed by atoms with Crippen LogP contribution in [0.4, 0.5) is 5.69 Å². The quantitative estimate of drug-likeness (QED) is 0.597. The molecule has 20 heavy (non-hydrogen) atoms. The Labute approximate surface area is 126 Å². The Morgan fingerprint density at radius 3 is 2.50 bits per heavy atom. The summed E-state index contributed by atoms with van der Waals surface area (Å²) in [6.45, 7) is 0. The number of nitrogens with one attached hydrogen (secondary N) is 2. The molecule has 0 fully saturated rings. The lowest BCUT2D eigenvalue weighted by atomic mass is 10.3. The Balaban J connectivity index is 2.50. The molecule has 0 atom stereocenters. The fourth-order valence-corrected chi connectivity index (χ4v) is 2.02. The highest BCUT2D eigenvalue weighted by atomic mass is 79.9. The van der Waals surface area contributed by atoms with Crippen LogP contribution in [-0.2, 0) is 0 Å². The minimum atomic E-state index is -1.07. The molecular formula is C10H5Br2N3O5. The van der Waals surface area contributed by atoms with Crippen molar-refractivity contribution in [3.05, 3.63) is 57.6 Å². The lowest BCUT2D eigenvalue weighted by Gasteiger charge is -1.95. The van der Waals surface area contributed by atoms with Crippen LogP contribution in [0, 0.1) is 10.1 Å². The third-order valence-electron chi connectivity index (χ3n) is 2.21. The standard InChI is InChI=1S/C10H5Br2N3O5/c11-5-3-4(20-8(5)12)1-2-6-7(15(18)19)9(16)14-10(17)13-6/h1-3H,(H2,13,14,16,17). The highest BCUT2D eigenvalue weighted by Gasteiger charge is 2.18. The Morgan fingerprint density at radius 2 is 1.95 bits per heavy atom. The highest BCUT2D eigenvalue weighted by molar-refractivity contribution is 9.13. The van der Waals surface area contributed by atoms with Gasteiger partial charge in [0.05, 0.1) is 9.40 Å². The molecule has 8 nitrogen and oxygen atoms in total. The van der Waals surface area contributed by atoms with Gasteiger partial charge in [-0.3, -0.25) is 19.9 Å². The molecule has 0 spiro atoms. The predicted octanol–water partition coefficient (Wildman–Crippen LogP) is 2.26. The van der Waals surface area contributed by atoms with Crippen LogP contribution in [0.15, 0.2) is 29.2 Å². The van der Waals surface area contributed by atoms with Gasteiger partial charge in [-0.25, -0.2) is 4.79 Å². The van der Waals surface area contributed by atoms with Gasteiger partial charge in [0.2, 0.25) is 0 Å². The van der Waals surface area contributed by atoms with Crippen LogP contribution in [0.3, 0.4) is 0 Å².